The molecule has 2 aromatic heterocycles. The van der Waals surface area contributed by atoms with Crippen molar-refractivity contribution < 1.29 is 9.21 Å². The van der Waals surface area contributed by atoms with Gasteiger partial charge in [0, 0.05) is 11.8 Å². The van der Waals surface area contributed by atoms with Crippen LogP contribution < -0.4 is 0 Å². The van der Waals surface area contributed by atoms with Crippen LogP contribution in [0.2, 0.25) is 0 Å². The van der Waals surface area contributed by atoms with Crippen molar-refractivity contribution in [2.24, 2.45) is 5.92 Å². The van der Waals surface area contributed by atoms with Crippen molar-refractivity contribution in [2.75, 3.05) is 0 Å². The Morgan fingerprint density at radius 1 is 1.36 bits per heavy atom. The Balaban J connectivity index is 1.60. The van der Waals surface area contributed by atoms with Crippen LogP contribution in [0.4, 0.5) is 0 Å². The number of nitriles is 1. The van der Waals surface area contributed by atoms with Crippen LogP contribution in [0.25, 0.3) is 11.0 Å². The second kappa shape index (κ2) is 4.85. The molecule has 1 aliphatic carbocycles. The number of H-pyrrole nitrogens is 1. The van der Waals surface area contributed by atoms with Gasteiger partial charge in [0.1, 0.15) is 11.6 Å². The summed E-state index contributed by atoms with van der Waals surface area (Å²) in [4.78, 5) is 20.1. The van der Waals surface area contributed by atoms with E-state index in [1.807, 2.05) is 36.4 Å². The summed E-state index contributed by atoms with van der Waals surface area (Å²) in [6, 6.07) is 13.3. The molecule has 1 aromatic carbocycles. The van der Waals surface area contributed by atoms with Crippen molar-refractivity contribution in [1.29, 1.82) is 5.26 Å². The number of aromatic amines is 1. The number of nitrogens with one attached hydrogen (secondary N) is 1. The van der Waals surface area contributed by atoms with Gasteiger partial charge in [-0.25, -0.2) is 4.98 Å². The smallest absolute Gasteiger partial charge is 0.162 e. The van der Waals surface area contributed by atoms with Crippen LogP contribution in [-0.2, 0) is 4.79 Å². The number of imidazole rings is 1. The number of carbonyl (C=O) groups is 1. The first-order chi connectivity index (χ1) is 10.8. The third-order valence-electron chi connectivity index (χ3n) is 4.16. The second-order valence-corrected chi connectivity index (χ2v) is 5.57. The molecule has 2 heterocycles. The number of furan rings is 1. The molecular weight excluding hydrogens is 278 g/mol. The Labute approximate surface area is 126 Å². The van der Waals surface area contributed by atoms with Gasteiger partial charge in [0.2, 0.25) is 0 Å². The van der Waals surface area contributed by atoms with E-state index < -0.39 is 5.92 Å². The highest BCUT2D eigenvalue weighted by Gasteiger charge is 2.48. The van der Waals surface area contributed by atoms with Crippen LogP contribution in [0.5, 0.6) is 0 Å². The number of ketones is 1. The number of aromatic nitrogens is 2. The molecule has 0 aliphatic heterocycles. The van der Waals surface area contributed by atoms with Crippen LogP contribution in [-0.4, -0.2) is 15.8 Å². The number of Topliss-reactive ketones (excluding diaryl/α,β-unsaturated/α-hetero) is 1. The average Bonchev–Trinajstić information content (AvgIpc) is 2.97. The number of hydrogen-bond acceptors (Lipinski definition) is 4. The molecule has 0 amide bonds. The first-order valence-electron chi connectivity index (χ1n) is 7.19. The molecule has 3 atom stereocenters. The number of nitrogens with zero attached hydrogens (tertiary/aromatic N) is 2. The van der Waals surface area contributed by atoms with Gasteiger partial charge in [0.15, 0.2) is 11.7 Å². The van der Waals surface area contributed by atoms with Crippen molar-refractivity contribution in [3.8, 4) is 6.07 Å². The molecule has 1 saturated carbocycles. The Morgan fingerprint density at radius 3 is 2.95 bits per heavy atom. The minimum Gasteiger partial charge on any atom is -0.469 e. The van der Waals surface area contributed by atoms with Gasteiger partial charge in [-0.2, -0.15) is 5.26 Å². The topological polar surface area (TPSA) is 82.7 Å². The van der Waals surface area contributed by atoms with E-state index in [4.69, 9.17) is 4.42 Å². The normalized spacial score (nSPS) is 21.4. The molecule has 0 bridgehead atoms. The number of hydrogen-bond donors (Lipinski definition) is 1. The highest BCUT2D eigenvalue weighted by atomic mass is 16.3. The number of fused-ring (bicyclic) bond motifs is 1. The lowest BCUT2D eigenvalue weighted by Crippen LogP contribution is -2.15. The molecule has 0 spiro atoms. The van der Waals surface area contributed by atoms with Gasteiger partial charge in [-0.3, -0.25) is 4.79 Å². The number of rotatable bonds is 4. The Bertz CT molecular complexity index is 840. The van der Waals surface area contributed by atoms with E-state index >= 15 is 0 Å². The van der Waals surface area contributed by atoms with E-state index in [0.717, 1.165) is 23.2 Å². The summed E-state index contributed by atoms with van der Waals surface area (Å²) in [7, 11) is 0. The molecule has 0 saturated heterocycles. The maximum absolute atomic E-state index is 12.6. The van der Waals surface area contributed by atoms with E-state index in [2.05, 4.69) is 16.0 Å². The predicted octanol–water partition coefficient (Wildman–Crippen LogP) is 3.14. The van der Waals surface area contributed by atoms with Gasteiger partial charge >= 0.3 is 0 Å². The Kier molecular flexibility index (Phi) is 2.83. The molecule has 1 fully saturated rings. The summed E-state index contributed by atoms with van der Waals surface area (Å²) in [5.74, 6) is 0.269. The minimum absolute atomic E-state index is 0.0806. The lowest BCUT2D eigenvalue weighted by atomic mass is 10.00. The summed E-state index contributed by atoms with van der Waals surface area (Å²) in [6.45, 7) is 0. The van der Waals surface area contributed by atoms with Crippen molar-refractivity contribution in [3.63, 3.8) is 0 Å². The maximum atomic E-state index is 12.6. The van der Waals surface area contributed by atoms with E-state index in [9.17, 15) is 10.1 Å². The van der Waals surface area contributed by atoms with Crippen LogP contribution >= 0.6 is 0 Å². The molecular formula is C17H13N3O2. The number of benzene rings is 1. The molecule has 4 rings (SSSR count). The summed E-state index contributed by atoms with van der Waals surface area (Å²) in [6.07, 6.45) is 2.35. The zero-order valence-electron chi connectivity index (χ0n) is 11.7. The summed E-state index contributed by atoms with van der Waals surface area (Å²) in [5.41, 5.74) is 1.60. The monoisotopic (exact) mass is 291 g/mol. The molecule has 22 heavy (non-hydrogen) atoms. The zero-order valence-corrected chi connectivity index (χ0v) is 11.7. The third kappa shape index (κ3) is 2.01. The van der Waals surface area contributed by atoms with Crippen LogP contribution in [0.3, 0.4) is 0 Å². The first-order valence-corrected chi connectivity index (χ1v) is 7.19. The van der Waals surface area contributed by atoms with Crippen LogP contribution in [0.15, 0.2) is 47.1 Å². The number of carbonyl (C=O) groups excluding carboxylic acids is 1. The molecule has 0 radical (unpaired) electrons. The molecule has 5 nitrogen and oxygen atoms in total. The minimum atomic E-state index is -0.850. The standard InChI is InChI=1S/C17H13N3O2/c18-9-12(17-19-13-4-1-2-5-14(13)20-17)16(21)11-8-10(11)15-6-3-7-22-15/h1-7,10-12H,8H2,(H,19,20)/t10-,11+,12+/m0/s1. The van der Waals surface area contributed by atoms with Crippen molar-refractivity contribution in [3.05, 3.63) is 54.2 Å². The highest BCUT2D eigenvalue weighted by Crippen LogP contribution is 2.50. The highest BCUT2D eigenvalue weighted by molar-refractivity contribution is 5.93. The van der Waals surface area contributed by atoms with E-state index in [-0.39, 0.29) is 17.6 Å². The molecule has 108 valence electrons. The van der Waals surface area contributed by atoms with Gasteiger partial charge in [-0.1, -0.05) is 12.1 Å². The first kappa shape index (κ1) is 12.8. The van der Waals surface area contributed by atoms with E-state index in [1.165, 1.54) is 0 Å². The second-order valence-electron chi connectivity index (χ2n) is 5.57. The SMILES string of the molecule is N#C[C@H](C(=O)[C@@H]1C[C@@H]1c1ccco1)c1nc2ccccc2[nH]1. The lowest BCUT2D eigenvalue weighted by molar-refractivity contribution is -0.120. The largest absolute Gasteiger partial charge is 0.469 e. The number of para-hydroxylation sites is 2. The lowest BCUT2D eigenvalue weighted by Gasteiger charge is -2.04. The summed E-state index contributed by atoms with van der Waals surface area (Å²) < 4.78 is 5.35. The van der Waals surface area contributed by atoms with Gasteiger partial charge in [-0.15, -0.1) is 0 Å². The zero-order chi connectivity index (χ0) is 15.1. The molecule has 5 heteroatoms. The van der Waals surface area contributed by atoms with Crippen molar-refractivity contribution >= 4 is 16.8 Å². The fourth-order valence-electron chi connectivity index (χ4n) is 2.91. The van der Waals surface area contributed by atoms with E-state index in [1.54, 1.807) is 6.26 Å². The van der Waals surface area contributed by atoms with Crippen LogP contribution in [0.1, 0.15) is 29.8 Å². The summed E-state index contributed by atoms with van der Waals surface area (Å²) in [5, 5.41) is 9.41. The van der Waals surface area contributed by atoms with Crippen LogP contribution in [0, 0.1) is 17.2 Å². The average molecular weight is 291 g/mol. The fourth-order valence-corrected chi connectivity index (χ4v) is 2.91. The fraction of sp³-hybridized carbons (Fsp3) is 0.235. The van der Waals surface area contributed by atoms with Gasteiger partial charge in [0.25, 0.3) is 0 Å². The van der Waals surface area contributed by atoms with E-state index in [0.29, 0.717) is 5.82 Å². The molecule has 1 aliphatic rings. The molecule has 0 unspecified atom stereocenters. The maximum Gasteiger partial charge on any atom is 0.162 e. The van der Waals surface area contributed by atoms with Gasteiger partial charge in [0.05, 0.1) is 23.4 Å². The Morgan fingerprint density at radius 2 is 2.23 bits per heavy atom. The summed E-state index contributed by atoms with van der Waals surface area (Å²) >= 11 is 0. The van der Waals surface area contributed by atoms with Crippen molar-refractivity contribution in [1.82, 2.24) is 9.97 Å². The quantitative estimate of drug-likeness (QED) is 0.800. The molecule has 1 N–H and O–H groups in total. The van der Waals surface area contributed by atoms with Crippen molar-refractivity contribution in [2.45, 2.75) is 18.3 Å². The predicted molar refractivity (Wildman–Crippen MR) is 79.0 cm³/mol. The van der Waals surface area contributed by atoms with Gasteiger partial charge in [-0.05, 0) is 30.7 Å². The Hall–Kier alpha value is -2.87. The third-order valence-corrected chi connectivity index (χ3v) is 4.16. The molecule has 3 aromatic rings. The van der Waals surface area contributed by atoms with Gasteiger partial charge < -0.3 is 9.40 Å².